The molecule has 1 aliphatic rings. The zero-order valence-corrected chi connectivity index (χ0v) is 13.1. The van der Waals surface area contributed by atoms with Crippen LogP contribution in [0.5, 0.6) is 0 Å². The summed E-state index contributed by atoms with van der Waals surface area (Å²) in [5.74, 6) is 3.77. The van der Waals surface area contributed by atoms with E-state index < -0.39 is 0 Å². The number of rotatable bonds is 6. The Morgan fingerprint density at radius 3 is 3.20 bits per heavy atom. The second kappa shape index (κ2) is 7.69. The fraction of sp³-hybridized carbons (Fsp3) is 0.714. The summed E-state index contributed by atoms with van der Waals surface area (Å²) in [6.07, 6.45) is 4.32. The van der Waals surface area contributed by atoms with Crippen LogP contribution in [0.1, 0.15) is 26.1 Å². The quantitative estimate of drug-likeness (QED) is 0.829. The summed E-state index contributed by atoms with van der Waals surface area (Å²) < 4.78 is 2.11. The molecule has 0 radical (unpaired) electrons. The highest BCUT2D eigenvalue weighted by atomic mass is 32.2. The Bertz CT molecular complexity index is 427. The predicted molar refractivity (Wildman–Crippen MR) is 82.6 cm³/mol. The topological polar surface area (TPSA) is 59.0 Å². The fourth-order valence-electron chi connectivity index (χ4n) is 2.29. The summed E-state index contributed by atoms with van der Waals surface area (Å²) in [5.41, 5.74) is 0. The molecule has 0 bridgehead atoms. The summed E-state index contributed by atoms with van der Waals surface area (Å²) in [7, 11) is 0. The highest BCUT2D eigenvalue weighted by Gasteiger charge is 2.16. The second-order valence-electron chi connectivity index (χ2n) is 5.60. The van der Waals surface area contributed by atoms with Gasteiger partial charge in [0.1, 0.15) is 5.82 Å². The van der Waals surface area contributed by atoms with Gasteiger partial charge in [-0.15, -0.1) is 0 Å². The summed E-state index contributed by atoms with van der Waals surface area (Å²) in [6.45, 7) is 6.80. The van der Waals surface area contributed by atoms with Gasteiger partial charge in [-0.2, -0.15) is 11.8 Å². The van der Waals surface area contributed by atoms with Gasteiger partial charge in [0, 0.05) is 49.5 Å². The van der Waals surface area contributed by atoms with Crippen LogP contribution in [0.25, 0.3) is 0 Å². The Morgan fingerprint density at radius 1 is 1.65 bits per heavy atom. The Morgan fingerprint density at radius 2 is 2.50 bits per heavy atom. The van der Waals surface area contributed by atoms with E-state index in [0.717, 1.165) is 30.4 Å². The standard InChI is InChI=1S/C14H24N4OS/c1-11(2)9-18-5-3-16-13(18)8-17-14(19)7-12-10-20-6-4-15-12/h3,5,11-12,15H,4,6-10H2,1-2H3,(H,17,19). The van der Waals surface area contributed by atoms with Crippen molar-refractivity contribution in [1.29, 1.82) is 0 Å². The van der Waals surface area contributed by atoms with Gasteiger partial charge in [-0.25, -0.2) is 4.98 Å². The van der Waals surface area contributed by atoms with Gasteiger partial charge in [-0.05, 0) is 5.92 Å². The summed E-state index contributed by atoms with van der Waals surface area (Å²) in [6, 6.07) is 0.309. The van der Waals surface area contributed by atoms with Crippen LogP contribution in [0, 0.1) is 5.92 Å². The Balaban J connectivity index is 1.76. The van der Waals surface area contributed by atoms with Crippen molar-refractivity contribution in [3.8, 4) is 0 Å². The molecule has 2 N–H and O–H groups in total. The Hall–Kier alpha value is -1.01. The third-order valence-electron chi connectivity index (χ3n) is 3.24. The number of imidazole rings is 1. The number of hydrogen-bond donors (Lipinski definition) is 2. The molecule has 1 amide bonds. The number of aromatic nitrogens is 2. The SMILES string of the molecule is CC(C)Cn1ccnc1CNC(=O)CC1CSCCN1. The number of amides is 1. The van der Waals surface area contributed by atoms with E-state index in [1.54, 1.807) is 6.20 Å². The molecule has 2 rings (SSSR count). The molecule has 20 heavy (non-hydrogen) atoms. The molecular formula is C14H24N4OS. The van der Waals surface area contributed by atoms with Gasteiger partial charge >= 0.3 is 0 Å². The van der Waals surface area contributed by atoms with Crippen molar-refractivity contribution in [3.05, 3.63) is 18.2 Å². The maximum absolute atomic E-state index is 11.9. The lowest BCUT2D eigenvalue weighted by Gasteiger charge is -2.22. The third-order valence-corrected chi connectivity index (χ3v) is 4.37. The zero-order chi connectivity index (χ0) is 14.4. The van der Waals surface area contributed by atoms with Crippen LogP contribution in [0.3, 0.4) is 0 Å². The summed E-state index contributed by atoms with van der Waals surface area (Å²) in [4.78, 5) is 16.3. The summed E-state index contributed by atoms with van der Waals surface area (Å²) >= 11 is 1.91. The lowest BCUT2D eigenvalue weighted by atomic mass is 10.2. The van der Waals surface area contributed by atoms with Crippen LogP contribution in [0.15, 0.2) is 12.4 Å². The highest BCUT2D eigenvalue weighted by molar-refractivity contribution is 7.99. The predicted octanol–water partition coefficient (Wildman–Crippen LogP) is 1.25. The molecule has 1 aromatic heterocycles. The Labute approximate surface area is 124 Å². The first-order valence-electron chi connectivity index (χ1n) is 7.23. The van der Waals surface area contributed by atoms with Crippen LogP contribution in [0.4, 0.5) is 0 Å². The van der Waals surface area contributed by atoms with Crippen molar-refractivity contribution in [2.24, 2.45) is 5.92 Å². The maximum Gasteiger partial charge on any atom is 0.221 e. The van der Waals surface area contributed by atoms with Crippen LogP contribution < -0.4 is 10.6 Å². The van der Waals surface area contributed by atoms with E-state index in [9.17, 15) is 4.79 Å². The summed E-state index contributed by atoms with van der Waals surface area (Å²) in [5, 5.41) is 6.35. The van der Waals surface area contributed by atoms with Gasteiger partial charge in [0.05, 0.1) is 6.54 Å². The van der Waals surface area contributed by atoms with Gasteiger partial charge in [0.2, 0.25) is 5.91 Å². The first-order chi connectivity index (χ1) is 9.65. The first-order valence-corrected chi connectivity index (χ1v) is 8.38. The van der Waals surface area contributed by atoms with Crippen molar-refractivity contribution in [3.63, 3.8) is 0 Å². The van der Waals surface area contributed by atoms with Gasteiger partial charge in [-0.1, -0.05) is 13.8 Å². The van der Waals surface area contributed by atoms with Gasteiger partial charge in [-0.3, -0.25) is 4.79 Å². The van der Waals surface area contributed by atoms with Crippen molar-refractivity contribution in [2.75, 3.05) is 18.1 Å². The third kappa shape index (κ3) is 4.83. The van der Waals surface area contributed by atoms with Crippen LogP contribution in [-0.4, -0.2) is 39.6 Å². The average molecular weight is 296 g/mol. The van der Waals surface area contributed by atoms with Crippen molar-refractivity contribution >= 4 is 17.7 Å². The monoisotopic (exact) mass is 296 g/mol. The van der Waals surface area contributed by atoms with E-state index in [0.29, 0.717) is 24.9 Å². The van der Waals surface area contributed by atoms with Gasteiger partial charge < -0.3 is 15.2 Å². The molecule has 0 spiro atoms. The number of nitrogens with one attached hydrogen (secondary N) is 2. The van der Waals surface area contributed by atoms with Crippen molar-refractivity contribution in [2.45, 2.75) is 39.4 Å². The van der Waals surface area contributed by atoms with Crippen molar-refractivity contribution in [1.82, 2.24) is 20.2 Å². The zero-order valence-electron chi connectivity index (χ0n) is 12.3. The van der Waals surface area contributed by atoms with Crippen molar-refractivity contribution < 1.29 is 4.79 Å². The minimum atomic E-state index is 0.101. The molecule has 1 saturated heterocycles. The molecule has 2 heterocycles. The van der Waals surface area contributed by atoms with Gasteiger partial charge in [0.25, 0.3) is 0 Å². The fourth-order valence-corrected chi connectivity index (χ4v) is 3.24. The minimum Gasteiger partial charge on any atom is -0.349 e. The molecule has 1 aliphatic heterocycles. The van der Waals surface area contributed by atoms with E-state index in [1.165, 1.54) is 0 Å². The van der Waals surface area contributed by atoms with Crippen LogP contribution in [-0.2, 0) is 17.9 Å². The molecule has 1 atom stereocenters. The number of nitrogens with zero attached hydrogens (tertiary/aromatic N) is 2. The largest absolute Gasteiger partial charge is 0.349 e. The van der Waals surface area contributed by atoms with E-state index in [-0.39, 0.29) is 5.91 Å². The highest BCUT2D eigenvalue weighted by Crippen LogP contribution is 2.10. The van der Waals surface area contributed by atoms with E-state index in [4.69, 9.17) is 0 Å². The Kier molecular flexibility index (Phi) is 5.91. The molecule has 6 heteroatoms. The van der Waals surface area contributed by atoms with Gasteiger partial charge in [0.15, 0.2) is 0 Å². The number of thioether (sulfide) groups is 1. The van der Waals surface area contributed by atoms with E-state index >= 15 is 0 Å². The second-order valence-corrected chi connectivity index (χ2v) is 6.75. The molecule has 0 aliphatic carbocycles. The van der Waals surface area contributed by atoms with E-state index in [1.807, 2.05) is 18.0 Å². The molecule has 0 aromatic carbocycles. The van der Waals surface area contributed by atoms with E-state index in [2.05, 4.69) is 34.0 Å². The number of carbonyl (C=O) groups is 1. The normalized spacial score (nSPS) is 19.2. The average Bonchev–Trinajstić information content (AvgIpc) is 2.84. The van der Waals surface area contributed by atoms with Crippen LogP contribution >= 0.6 is 11.8 Å². The molecule has 112 valence electrons. The minimum absolute atomic E-state index is 0.101. The number of hydrogen-bond acceptors (Lipinski definition) is 4. The molecule has 5 nitrogen and oxygen atoms in total. The molecule has 1 aromatic rings. The molecular weight excluding hydrogens is 272 g/mol. The molecule has 1 fully saturated rings. The lowest BCUT2D eigenvalue weighted by Crippen LogP contribution is -2.41. The smallest absolute Gasteiger partial charge is 0.221 e. The first kappa shape index (κ1) is 15.4. The maximum atomic E-state index is 11.9. The van der Waals surface area contributed by atoms with Crippen LogP contribution in [0.2, 0.25) is 0 Å². The molecule has 0 saturated carbocycles. The number of carbonyl (C=O) groups excluding carboxylic acids is 1. The lowest BCUT2D eigenvalue weighted by molar-refractivity contribution is -0.121. The molecule has 1 unspecified atom stereocenters.